The Morgan fingerprint density at radius 2 is 1.84 bits per heavy atom. The van der Waals surface area contributed by atoms with Crippen LogP contribution in [0.1, 0.15) is 6.42 Å². The van der Waals surface area contributed by atoms with Crippen molar-refractivity contribution < 1.29 is 9.59 Å². The number of thioether (sulfide) groups is 1. The van der Waals surface area contributed by atoms with Crippen molar-refractivity contribution in [2.75, 3.05) is 50.7 Å². The number of amides is 1. The van der Waals surface area contributed by atoms with E-state index in [0.717, 1.165) is 44.7 Å². The highest BCUT2D eigenvalue weighted by Gasteiger charge is 2.33. The number of hydrogen-bond acceptors (Lipinski definition) is 5. The number of rotatable bonds is 3. The second kappa shape index (κ2) is 7.22. The van der Waals surface area contributed by atoms with Crippen LogP contribution in [0.15, 0.2) is 42.0 Å². The molecule has 2 fully saturated rings. The number of nitrogens with zero attached hydrogens (tertiary/aromatic N) is 3. The summed E-state index contributed by atoms with van der Waals surface area (Å²) in [5.41, 5.74) is 2.38. The van der Waals surface area contributed by atoms with Crippen molar-refractivity contribution in [3.8, 4) is 0 Å². The molecular formula is C19H23N3O2S. The number of para-hydroxylation sites is 1. The Balaban J connectivity index is 1.28. The molecule has 6 heteroatoms. The molecule has 0 saturated carbocycles. The smallest absolute Gasteiger partial charge is 0.237 e. The topological polar surface area (TPSA) is 43.9 Å². The minimum Gasteiger partial charge on any atom is -0.369 e. The van der Waals surface area contributed by atoms with E-state index in [9.17, 15) is 9.59 Å². The summed E-state index contributed by atoms with van der Waals surface area (Å²) in [5.74, 6) is 0.192. The molecule has 4 rings (SSSR count). The monoisotopic (exact) mass is 357 g/mol. The van der Waals surface area contributed by atoms with Crippen LogP contribution in [0.25, 0.3) is 0 Å². The van der Waals surface area contributed by atoms with Gasteiger partial charge in [0.05, 0.1) is 6.54 Å². The van der Waals surface area contributed by atoms with Crippen LogP contribution in [0.4, 0.5) is 5.69 Å². The Morgan fingerprint density at radius 3 is 2.60 bits per heavy atom. The van der Waals surface area contributed by atoms with Gasteiger partial charge in [-0.3, -0.25) is 14.5 Å². The first-order valence-electron chi connectivity index (χ1n) is 8.90. The van der Waals surface area contributed by atoms with E-state index >= 15 is 0 Å². The first-order valence-corrected chi connectivity index (χ1v) is 9.78. The molecule has 3 heterocycles. The minimum absolute atomic E-state index is 0.145. The number of piperazine rings is 1. The van der Waals surface area contributed by atoms with E-state index < -0.39 is 0 Å². The summed E-state index contributed by atoms with van der Waals surface area (Å²) in [5, 5.41) is 0.456. The summed E-state index contributed by atoms with van der Waals surface area (Å²) >= 11 is 1.41. The van der Waals surface area contributed by atoms with Crippen molar-refractivity contribution >= 4 is 28.5 Å². The zero-order valence-corrected chi connectivity index (χ0v) is 15.1. The molecule has 1 unspecified atom stereocenters. The lowest BCUT2D eigenvalue weighted by Crippen LogP contribution is -2.51. The van der Waals surface area contributed by atoms with Crippen molar-refractivity contribution in [2.45, 2.75) is 11.7 Å². The summed E-state index contributed by atoms with van der Waals surface area (Å²) in [7, 11) is 0. The molecule has 132 valence electrons. The van der Waals surface area contributed by atoms with Gasteiger partial charge in [0.2, 0.25) is 11.0 Å². The zero-order valence-electron chi connectivity index (χ0n) is 14.3. The average molecular weight is 357 g/mol. The van der Waals surface area contributed by atoms with Gasteiger partial charge in [-0.05, 0) is 30.2 Å². The van der Waals surface area contributed by atoms with Gasteiger partial charge >= 0.3 is 0 Å². The van der Waals surface area contributed by atoms with Crippen molar-refractivity contribution in [1.82, 2.24) is 9.80 Å². The van der Waals surface area contributed by atoms with E-state index in [2.05, 4.69) is 34.1 Å². The van der Waals surface area contributed by atoms with Gasteiger partial charge in [0.1, 0.15) is 0 Å². The van der Waals surface area contributed by atoms with Gasteiger partial charge in [-0.1, -0.05) is 30.0 Å². The molecule has 5 nitrogen and oxygen atoms in total. The number of hydrogen-bond donors (Lipinski definition) is 0. The summed E-state index contributed by atoms with van der Waals surface area (Å²) < 4.78 is 0. The van der Waals surface area contributed by atoms with E-state index in [4.69, 9.17) is 0 Å². The van der Waals surface area contributed by atoms with Crippen molar-refractivity contribution in [3.63, 3.8) is 0 Å². The van der Waals surface area contributed by atoms with Crippen LogP contribution in [0.3, 0.4) is 0 Å². The molecule has 3 aliphatic heterocycles. The van der Waals surface area contributed by atoms with Crippen molar-refractivity contribution in [2.24, 2.45) is 0 Å². The fourth-order valence-electron chi connectivity index (χ4n) is 3.77. The summed E-state index contributed by atoms with van der Waals surface area (Å²) in [6, 6.07) is 10.4. The van der Waals surface area contributed by atoms with Gasteiger partial charge in [0.25, 0.3) is 0 Å². The van der Waals surface area contributed by atoms with E-state index in [0.29, 0.717) is 18.3 Å². The number of fused-ring (bicyclic) bond motifs is 1. The van der Waals surface area contributed by atoms with Gasteiger partial charge in [0.15, 0.2) is 0 Å². The van der Waals surface area contributed by atoms with Crippen molar-refractivity contribution in [3.05, 3.63) is 42.0 Å². The maximum absolute atomic E-state index is 12.6. The fourth-order valence-corrected chi connectivity index (χ4v) is 4.78. The predicted octanol–water partition coefficient (Wildman–Crippen LogP) is 1.61. The van der Waals surface area contributed by atoms with Crippen molar-refractivity contribution in [1.29, 1.82) is 0 Å². The Kier molecular flexibility index (Phi) is 4.81. The maximum Gasteiger partial charge on any atom is 0.237 e. The fraction of sp³-hybridized carbons (Fsp3) is 0.474. The maximum atomic E-state index is 12.6. The Bertz CT molecular complexity index is 683. The van der Waals surface area contributed by atoms with Gasteiger partial charge in [-0.25, -0.2) is 0 Å². The molecule has 1 aromatic carbocycles. The molecule has 0 spiro atoms. The highest BCUT2D eigenvalue weighted by molar-refractivity contribution is 8.15. The highest BCUT2D eigenvalue weighted by Crippen LogP contribution is 2.34. The summed E-state index contributed by atoms with van der Waals surface area (Å²) in [6.07, 6.45) is 2.63. The molecule has 1 aromatic rings. The van der Waals surface area contributed by atoms with Crippen LogP contribution < -0.4 is 4.90 Å². The van der Waals surface area contributed by atoms with Crippen LogP contribution in [0.2, 0.25) is 0 Å². The molecule has 0 aromatic heterocycles. The van der Waals surface area contributed by atoms with Gasteiger partial charge in [-0.15, -0.1) is 0 Å². The number of carbonyl (C=O) groups is 2. The first kappa shape index (κ1) is 16.7. The summed E-state index contributed by atoms with van der Waals surface area (Å²) in [6.45, 7) is 5.62. The van der Waals surface area contributed by atoms with E-state index in [1.807, 2.05) is 11.0 Å². The minimum atomic E-state index is 0.145. The lowest BCUT2D eigenvalue weighted by atomic mass is 10.0. The van der Waals surface area contributed by atoms with Gasteiger partial charge in [0, 0.05) is 50.2 Å². The van der Waals surface area contributed by atoms with Gasteiger partial charge in [-0.2, -0.15) is 0 Å². The Morgan fingerprint density at radius 1 is 1.08 bits per heavy atom. The zero-order chi connectivity index (χ0) is 17.2. The number of piperidine rings is 1. The Hall–Kier alpha value is -1.79. The molecule has 1 atom stereocenters. The second-order valence-electron chi connectivity index (χ2n) is 6.85. The van der Waals surface area contributed by atoms with E-state index in [-0.39, 0.29) is 11.0 Å². The molecular weight excluding hydrogens is 334 g/mol. The van der Waals surface area contributed by atoms with Crippen LogP contribution in [0.5, 0.6) is 0 Å². The lowest BCUT2D eigenvalue weighted by Gasteiger charge is -2.37. The van der Waals surface area contributed by atoms with Gasteiger partial charge < -0.3 is 9.80 Å². The summed E-state index contributed by atoms with van der Waals surface area (Å²) in [4.78, 5) is 30.7. The molecule has 0 bridgehead atoms. The third kappa shape index (κ3) is 3.75. The average Bonchev–Trinajstić information content (AvgIpc) is 3.02. The third-order valence-corrected chi connectivity index (χ3v) is 6.39. The molecule has 25 heavy (non-hydrogen) atoms. The largest absolute Gasteiger partial charge is 0.369 e. The van der Waals surface area contributed by atoms with Crippen LogP contribution >= 0.6 is 11.8 Å². The molecule has 0 N–H and O–H groups in total. The van der Waals surface area contributed by atoms with E-state index in [1.54, 1.807) is 6.08 Å². The molecule has 3 aliphatic rings. The number of anilines is 1. The highest BCUT2D eigenvalue weighted by atomic mass is 32.2. The Labute approximate surface area is 152 Å². The number of likely N-dealkylation sites (tertiary alicyclic amines) is 1. The molecule has 1 amide bonds. The predicted molar refractivity (Wildman–Crippen MR) is 101 cm³/mol. The number of benzene rings is 1. The quantitative estimate of drug-likeness (QED) is 0.822. The molecule has 2 saturated heterocycles. The molecule has 0 aliphatic carbocycles. The number of carbonyl (C=O) groups excluding carboxylic acids is 2. The third-order valence-electron chi connectivity index (χ3n) is 5.22. The standard InChI is InChI=1S/C19H23N3O2S/c23-18(22-7-6-17-15(13-22)12-19(24)25-17)14-20-8-10-21(11-9-20)16-4-2-1-3-5-16/h1-5,12,17H,6-11,13-14H2. The lowest BCUT2D eigenvalue weighted by molar-refractivity contribution is -0.132. The second-order valence-corrected chi connectivity index (χ2v) is 8.05. The van der Waals surface area contributed by atoms with Crippen LogP contribution in [0, 0.1) is 0 Å². The SMILES string of the molecule is O=C1C=C2CN(C(=O)CN3CCN(c4ccccc4)CC3)CCC2S1. The normalized spacial score (nSPS) is 24.2. The van der Waals surface area contributed by atoms with Crippen LogP contribution in [-0.4, -0.2) is 71.9 Å². The van der Waals surface area contributed by atoms with Crippen LogP contribution in [-0.2, 0) is 9.59 Å². The molecule has 0 radical (unpaired) electrons. The first-order chi connectivity index (χ1) is 12.2. The van der Waals surface area contributed by atoms with E-state index in [1.165, 1.54) is 17.4 Å².